The van der Waals surface area contributed by atoms with Crippen molar-refractivity contribution in [3.05, 3.63) is 23.8 Å². The first-order valence-electron chi connectivity index (χ1n) is 9.00. The number of hydrogen-bond acceptors (Lipinski definition) is 6. The van der Waals surface area contributed by atoms with E-state index < -0.39 is 17.4 Å². The highest BCUT2D eigenvalue weighted by atomic mass is 19.4. The molecule has 0 bridgehead atoms. The van der Waals surface area contributed by atoms with Gasteiger partial charge in [-0.05, 0) is 57.7 Å². The smallest absolute Gasteiger partial charge is 0.420 e. The number of rotatable bonds is 3. The molecular weight excluding hydrogens is 359 g/mol. The Hall–Kier alpha value is -2.45. The van der Waals surface area contributed by atoms with Crippen LogP contribution in [0.25, 0.3) is 0 Å². The SMILES string of the molecule is CC(C)Oc1ccc(N2C(N)=NC(N)=NC23CCCCC3)cc1C(F)(F)F. The minimum atomic E-state index is -4.57. The Balaban J connectivity index is 2.09. The van der Waals surface area contributed by atoms with E-state index in [1.54, 1.807) is 24.8 Å². The highest BCUT2D eigenvalue weighted by Gasteiger charge is 2.44. The third-order valence-corrected chi connectivity index (χ3v) is 4.74. The molecule has 1 spiro atoms. The molecule has 1 aromatic carbocycles. The van der Waals surface area contributed by atoms with Crippen LogP contribution < -0.4 is 21.1 Å². The second-order valence-electron chi connectivity index (χ2n) is 7.16. The Kier molecular flexibility index (Phi) is 4.96. The van der Waals surface area contributed by atoms with Crippen molar-refractivity contribution < 1.29 is 17.9 Å². The van der Waals surface area contributed by atoms with E-state index in [0.29, 0.717) is 12.8 Å². The van der Waals surface area contributed by atoms with E-state index in [2.05, 4.69) is 9.98 Å². The molecule has 1 saturated carbocycles. The normalized spacial score (nSPS) is 19.9. The molecule has 1 aliphatic heterocycles. The zero-order valence-corrected chi connectivity index (χ0v) is 15.4. The lowest BCUT2D eigenvalue weighted by Crippen LogP contribution is -2.58. The number of anilines is 1. The highest BCUT2D eigenvalue weighted by molar-refractivity contribution is 6.05. The molecule has 27 heavy (non-hydrogen) atoms. The van der Waals surface area contributed by atoms with Gasteiger partial charge in [0, 0.05) is 5.69 Å². The summed E-state index contributed by atoms with van der Waals surface area (Å²) < 4.78 is 46.2. The first-order valence-corrected chi connectivity index (χ1v) is 9.00. The summed E-state index contributed by atoms with van der Waals surface area (Å²) in [4.78, 5) is 10.1. The summed E-state index contributed by atoms with van der Waals surface area (Å²) in [5.74, 6) is -0.106. The number of alkyl halides is 3. The molecule has 4 N–H and O–H groups in total. The van der Waals surface area contributed by atoms with Crippen LogP contribution in [0.5, 0.6) is 5.75 Å². The van der Waals surface area contributed by atoms with Gasteiger partial charge in [0.25, 0.3) is 0 Å². The van der Waals surface area contributed by atoms with E-state index in [0.717, 1.165) is 25.3 Å². The van der Waals surface area contributed by atoms with Crippen molar-refractivity contribution in [2.75, 3.05) is 4.90 Å². The lowest BCUT2D eigenvalue weighted by molar-refractivity contribution is -0.139. The van der Waals surface area contributed by atoms with Crippen molar-refractivity contribution in [2.24, 2.45) is 21.5 Å². The summed E-state index contributed by atoms with van der Waals surface area (Å²) in [6.07, 6.45) is -0.832. The van der Waals surface area contributed by atoms with Crippen molar-refractivity contribution in [1.29, 1.82) is 0 Å². The maximum absolute atomic E-state index is 13.6. The van der Waals surface area contributed by atoms with Crippen molar-refractivity contribution in [1.82, 2.24) is 0 Å². The predicted molar refractivity (Wildman–Crippen MR) is 98.7 cm³/mol. The van der Waals surface area contributed by atoms with Gasteiger partial charge < -0.3 is 16.2 Å². The fraction of sp³-hybridized carbons (Fsp3) is 0.556. The summed E-state index contributed by atoms with van der Waals surface area (Å²) in [6.45, 7) is 3.36. The van der Waals surface area contributed by atoms with Gasteiger partial charge in [-0.25, -0.2) is 4.99 Å². The number of benzene rings is 1. The largest absolute Gasteiger partial charge is 0.490 e. The minimum Gasteiger partial charge on any atom is -0.490 e. The molecule has 1 fully saturated rings. The van der Waals surface area contributed by atoms with Crippen LogP contribution in [0.15, 0.2) is 28.2 Å². The number of aliphatic imine (C=N–C) groups is 2. The standard InChI is InChI=1S/C18H24F3N5O/c1-11(2)27-14-7-6-12(10-13(14)18(19,20)21)26-16(23)24-15(22)25-17(26)8-4-3-5-9-17/h6-7,10-11H,3-5,8-9H2,1-2H3,(H4,22,23,24,25). The van der Waals surface area contributed by atoms with Gasteiger partial charge in [-0.3, -0.25) is 4.90 Å². The van der Waals surface area contributed by atoms with Crippen molar-refractivity contribution in [3.8, 4) is 5.75 Å². The van der Waals surface area contributed by atoms with Crippen LogP contribution in [0, 0.1) is 0 Å². The number of nitrogens with zero attached hydrogens (tertiary/aromatic N) is 3. The Morgan fingerprint density at radius 1 is 1.15 bits per heavy atom. The molecule has 9 heteroatoms. The third kappa shape index (κ3) is 3.81. The number of nitrogens with two attached hydrogens (primary N) is 2. The molecule has 0 atom stereocenters. The fourth-order valence-corrected chi connectivity index (χ4v) is 3.73. The Morgan fingerprint density at radius 3 is 2.41 bits per heavy atom. The van der Waals surface area contributed by atoms with Crippen LogP contribution in [0.4, 0.5) is 18.9 Å². The molecule has 3 rings (SSSR count). The van der Waals surface area contributed by atoms with Gasteiger partial charge in [-0.1, -0.05) is 6.42 Å². The van der Waals surface area contributed by atoms with Crippen LogP contribution in [-0.2, 0) is 6.18 Å². The molecule has 1 aliphatic carbocycles. The van der Waals surface area contributed by atoms with Gasteiger partial charge in [0.2, 0.25) is 11.9 Å². The lowest BCUT2D eigenvalue weighted by atomic mass is 9.87. The molecule has 6 nitrogen and oxygen atoms in total. The molecule has 0 amide bonds. The predicted octanol–water partition coefficient (Wildman–Crippen LogP) is 3.60. The first-order chi connectivity index (χ1) is 12.6. The van der Waals surface area contributed by atoms with Crippen molar-refractivity contribution in [2.45, 2.75) is 63.9 Å². The Morgan fingerprint density at radius 2 is 1.81 bits per heavy atom. The monoisotopic (exact) mass is 383 g/mol. The lowest BCUT2D eigenvalue weighted by Gasteiger charge is -2.45. The number of hydrogen-bond donors (Lipinski definition) is 2. The summed E-state index contributed by atoms with van der Waals surface area (Å²) >= 11 is 0. The van der Waals surface area contributed by atoms with Gasteiger partial charge in [0.1, 0.15) is 11.4 Å². The zero-order valence-electron chi connectivity index (χ0n) is 15.4. The maximum atomic E-state index is 13.6. The number of guanidine groups is 2. The average Bonchev–Trinajstić information content (AvgIpc) is 2.54. The zero-order chi connectivity index (χ0) is 19.8. The van der Waals surface area contributed by atoms with Crippen LogP contribution in [0.2, 0.25) is 0 Å². The molecule has 0 aromatic heterocycles. The number of halogens is 3. The van der Waals surface area contributed by atoms with E-state index in [4.69, 9.17) is 16.2 Å². The molecule has 0 radical (unpaired) electrons. The topological polar surface area (TPSA) is 89.2 Å². The summed E-state index contributed by atoms with van der Waals surface area (Å²) in [5, 5.41) is 0. The molecule has 0 unspecified atom stereocenters. The van der Waals surface area contributed by atoms with Crippen molar-refractivity contribution in [3.63, 3.8) is 0 Å². The number of ether oxygens (including phenoxy) is 1. The molecule has 1 aromatic rings. The van der Waals surface area contributed by atoms with Gasteiger partial charge in [0.15, 0.2) is 0 Å². The molecular formula is C18H24F3N5O. The van der Waals surface area contributed by atoms with Crippen LogP contribution in [0.3, 0.4) is 0 Å². The van der Waals surface area contributed by atoms with E-state index in [1.165, 1.54) is 6.07 Å². The van der Waals surface area contributed by atoms with E-state index >= 15 is 0 Å². The molecule has 0 saturated heterocycles. The first kappa shape index (κ1) is 19.3. The average molecular weight is 383 g/mol. The quantitative estimate of drug-likeness (QED) is 0.835. The molecule has 1 heterocycles. The highest BCUT2D eigenvalue weighted by Crippen LogP contribution is 2.43. The third-order valence-electron chi connectivity index (χ3n) is 4.74. The van der Waals surface area contributed by atoms with Gasteiger partial charge in [-0.15, -0.1) is 0 Å². The summed E-state index contributed by atoms with van der Waals surface area (Å²) in [6, 6.07) is 3.93. The fourth-order valence-electron chi connectivity index (χ4n) is 3.73. The second-order valence-corrected chi connectivity index (χ2v) is 7.16. The van der Waals surface area contributed by atoms with E-state index in [-0.39, 0.29) is 29.5 Å². The minimum absolute atomic E-state index is 0.0510. The van der Waals surface area contributed by atoms with Gasteiger partial charge >= 0.3 is 6.18 Å². The van der Waals surface area contributed by atoms with Crippen molar-refractivity contribution >= 4 is 17.6 Å². The summed E-state index contributed by atoms with van der Waals surface area (Å²) in [5.41, 5.74) is 10.5. The van der Waals surface area contributed by atoms with Crippen LogP contribution in [0.1, 0.15) is 51.5 Å². The van der Waals surface area contributed by atoms with E-state index in [1.807, 2.05) is 0 Å². The van der Waals surface area contributed by atoms with Gasteiger partial charge in [-0.2, -0.15) is 18.2 Å². The Bertz CT molecular complexity index is 767. The maximum Gasteiger partial charge on any atom is 0.420 e. The van der Waals surface area contributed by atoms with Crippen LogP contribution in [-0.4, -0.2) is 23.7 Å². The van der Waals surface area contributed by atoms with Gasteiger partial charge in [0.05, 0.1) is 11.7 Å². The summed E-state index contributed by atoms with van der Waals surface area (Å²) in [7, 11) is 0. The molecule has 2 aliphatic rings. The Labute approximate surface area is 156 Å². The van der Waals surface area contributed by atoms with E-state index in [9.17, 15) is 13.2 Å². The second kappa shape index (κ2) is 6.94. The molecule has 148 valence electrons. The van der Waals surface area contributed by atoms with Crippen LogP contribution >= 0.6 is 0 Å².